The summed E-state index contributed by atoms with van der Waals surface area (Å²) in [5.41, 5.74) is 2.10. The first-order chi connectivity index (χ1) is 11.1. The SMILES string of the molecule is Cc1nc(NC(=O)[C@H](Cc2ccccc2)n2cccc2)sc1C. The van der Waals surface area contributed by atoms with Crippen LogP contribution < -0.4 is 5.32 Å². The van der Waals surface area contributed by atoms with Crippen LogP contribution in [-0.4, -0.2) is 15.5 Å². The summed E-state index contributed by atoms with van der Waals surface area (Å²) < 4.78 is 1.94. The fraction of sp³-hybridized carbons (Fsp3) is 0.222. The standard InChI is InChI=1S/C18H19N3OS/c1-13-14(2)23-18(19-13)20-17(22)16(21-10-6-7-11-21)12-15-8-4-3-5-9-15/h3-11,16H,12H2,1-2H3,(H,19,20,22)/t16-/m0/s1. The fourth-order valence-corrected chi connectivity index (χ4v) is 3.26. The Bertz CT molecular complexity index is 758. The van der Waals surface area contributed by atoms with Crippen LogP contribution in [0.15, 0.2) is 54.9 Å². The van der Waals surface area contributed by atoms with Crippen molar-refractivity contribution < 1.29 is 4.79 Å². The number of aryl methyl sites for hydroxylation is 2. The second-order valence-electron chi connectivity index (χ2n) is 5.49. The van der Waals surface area contributed by atoms with Gasteiger partial charge in [-0.25, -0.2) is 4.98 Å². The molecule has 118 valence electrons. The third-order valence-corrected chi connectivity index (χ3v) is 4.81. The predicted molar refractivity (Wildman–Crippen MR) is 93.8 cm³/mol. The summed E-state index contributed by atoms with van der Waals surface area (Å²) in [5.74, 6) is -0.0428. The molecule has 1 amide bonds. The molecule has 0 aliphatic heterocycles. The molecule has 0 radical (unpaired) electrons. The normalized spacial score (nSPS) is 12.1. The molecule has 2 aromatic heterocycles. The summed E-state index contributed by atoms with van der Waals surface area (Å²) in [6, 6.07) is 13.6. The minimum Gasteiger partial charge on any atom is -0.342 e. The van der Waals surface area contributed by atoms with Crippen LogP contribution in [0.5, 0.6) is 0 Å². The third-order valence-electron chi connectivity index (χ3n) is 3.82. The van der Waals surface area contributed by atoms with Gasteiger partial charge in [0.25, 0.3) is 0 Å². The smallest absolute Gasteiger partial charge is 0.249 e. The number of thiazole rings is 1. The molecule has 0 spiro atoms. The van der Waals surface area contributed by atoms with Crippen molar-refractivity contribution in [2.45, 2.75) is 26.3 Å². The third kappa shape index (κ3) is 3.68. The first-order valence-electron chi connectivity index (χ1n) is 7.55. The van der Waals surface area contributed by atoms with Crippen LogP contribution >= 0.6 is 11.3 Å². The maximum Gasteiger partial charge on any atom is 0.249 e. The van der Waals surface area contributed by atoms with Gasteiger partial charge in [0.2, 0.25) is 5.91 Å². The summed E-state index contributed by atoms with van der Waals surface area (Å²) in [6.45, 7) is 3.96. The number of carbonyl (C=O) groups excluding carboxylic acids is 1. The van der Waals surface area contributed by atoms with Crippen LogP contribution in [0.3, 0.4) is 0 Å². The van der Waals surface area contributed by atoms with Crippen LogP contribution in [0.4, 0.5) is 5.13 Å². The first-order valence-corrected chi connectivity index (χ1v) is 8.36. The summed E-state index contributed by atoms with van der Waals surface area (Å²) in [7, 11) is 0. The Morgan fingerprint density at radius 3 is 2.48 bits per heavy atom. The molecule has 23 heavy (non-hydrogen) atoms. The molecule has 1 N–H and O–H groups in total. The molecule has 0 aliphatic rings. The van der Waals surface area contributed by atoms with Gasteiger partial charge < -0.3 is 9.88 Å². The maximum absolute atomic E-state index is 12.8. The van der Waals surface area contributed by atoms with E-state index in [1.807, 2.05) is 73.3 Å². The molecule has 0 saturated heterocycles. The first kappa shape index (κ1) is 15.5. The molecule has 1 aromatic carbocycles. The molecular weight excluding hydrogens is 306 g/mol. The van der Waals surface area contributed by atoms with E-state index in [0.717, 1.165) is 16.1 Å². The van der Waals surface area contributed by atoms with Gasteiger partial charge in [-0.2, -0.15) is 0 Å². The monoisotopic (exact) mass is 325 g/mol. The number of hydrogen-bond donors (Lipinski definition) is 1. The van der Waals surface area contributed by atoms with Gasteiger partial charge in [0.1, 0.15) is 6.04 Å². The van der Waals surface area contributed by atoms with Crippen molar-refractivity contribution in [3.63, 3.8) is 0 Å². The molecular formula is C18H19N3OS. The highest BCUT2D eigenvalue weighted by Crippen LogP contribution is 2.23. The van der Waals surface area contributed by atoms with E-state index in [4.69, 9.17) is 0 Å². The molecule has 4 nitrogen and oxygen atoms in total. The number of benzene rings is 1. The van der Waals surface area contributed by atoms with Gasteiger partial charge in [-0.1, -0.05) is 30.3 Å². The number of hydrogen-bond acceptors (Lipinski definition) is 3. The summed E-state index contributed by atoms with van der Waals surface area (Å²) in [4.78, 5) is 18.3. The van der Waals surface area contributed by atoms with Crippen molar-refractivity contribution in [2.75, 3.05) is 5.32 Å². The van der Waals surface area contributed by atoms with E-state index in [1.165, 1.54) is 11.3 Å². The van der Waals surface area contributed by atoms with E-state index in [1.54, 1.807) is 0 Å². The number of nitrogens with zero attached hydrogens (tertiary/aromatic N) is 2. The quantitative estimate of drug-likeness (QED) is 0.771. The van der Waals surface area contributed by atoms with E-state index < -0.39 is 0 Å². The van der Waals surface area contributed by atoms with Crippen LogP contribution in [0, 0.1) is 13.8 Å². The number of anilines is 1. The van der Waals surface area contributed by atoms with Crippen molar-refractivity contribution in [3.05, 3.63) is 71.0 Å². The second-order valence-corrected chi connectivity index (χ2v) is 6.69. The number of carbonyl (C=O) groups is 1. The zero-order chi connectivity index (χ0) is 16.2. The van der Waals surface area contributed by atoms with Crippen molar-refractivity contribution >= 4 is 22.4 Å². The number of amides is 1. The van der Waals surface area contributed by atoms with Crippen LogP contribution in [0.1, 0.15) is 22.2 Å². The van der Waals surface area contributed by atoms with Gasteiger partial charge >= 0.3 is 0 Å². The lowest BCUT2D eigenvalue weighted by molar-refractivity contribution is -0.119. The lowest BCUT2D eigenvalue weighted by Crippen LogP contribution is -2.27. The topological polar surface area (TPSA) is 46.9 Å². The molecule has 0 aliphatic carbocycles. The van der Waals surface area contributed by atoms with Gasteiger partial charge in [0.15, 0.2) is 5.13 Å². The Labute approximate surface area is 139 Å². The molecule has 1 atom stereocenters. The predicted octanol–water partition coefficient (Wildman–Crippen LogP) is 3.98. The molecule has 0 fully saturated rings. The Morgan fingerprint density at radius 2 is 1.87 bits per heavy atom. The van der Waals surface area contributed by atoms with E-state index in [0.29, 0.717) is 11.6 Å². The summed E-state index contributed by atoms with van der Waals surface area (Å²) >= 11 is 1.51. The molecule has 5 heteroatoms. The lowest BCUT2D eigenvalue weighted by Gasteiger charge is -2.18. The number of aromatic nitrogens is 2. The van der Waals surface area contributed by atoms with Gasteiger partial charge in [-0.15, -0.1) is 11.3 Å². The molecule has 3 rings (SSSR count). The average Bonchev–Trinajstić information content (AvgIpc) is 3.16. The maximum atomic E-state index is 12.8. The van der Waals surface area contributed by atoms with Gasteiger partial charge in [0, 0.05) is 23.7 Å². The zero-order valence-corrected chi connectivity index (χ0v) is 14.0. The van der Waals surface area contributed by atoms with Gasteiger partial charge in [0.05, 0.1) is 5.69 Å². The number of rotatable bonds is 5. The van der Waals surface area contributed by atoms with E-state index in [9.17, 15) is 4.79 Å². The van der Waals surface area contributed by atoms with Crippen LogP contribution in [-0.2, 0) is 11.2 Å². The average molecular weight is 325 g/mol. The fourth-order valence-electron chi connectivity index (χ4n) is 2.44. The zero-order valence-electron chi connectivity index (χ0n) is 13.2. The number of nitrogens with one attached hydrogen (secondary N) is 1. The summed E-state index contributed by atoms with van der Waals surface area (Å²) in [5, 5.41) is 3.62. The van der Waals surface area contributed by atoms with Crippen LogP contribution in [0.2, 0.25) is 0 Å². The molecule has 0 bridgehead atoms. The van der Waals surface area contributed by atoms with Crippen molar-refractivity contribution in [1.29, 1.82) is 0 Å². The molecule has 0 unspecified atom stereocenters. The van der Waals surface area contributed by atoms with E-state index >= 15 is 0 Å². The van der Waals surface area contributed by atoms with Gasteiger partial charge in [-0.3, -0.25) is 4.79 Å². The molecule has 2 heterocycles. The van der Waals surface area contributed by atoms with E-state index in [2.05, 4.69) is 10.3 Å². The minimum absolute atomic E-state index is 0.0428. The highest BCUT2D eigenvalue weighted by Gasteiger charge is 2.21. The van der Waals surface area contributed by atoms with Gasteiger partial charge in [-0.05, 0) is 31.5 Å². The Hall–Kier alpha value is -2.40. The summed E-state index contributed by atoms with van der Waals surface area (Å²) in [6.07, 6.45) is 4.49. The molecule has 0 saturated carbocycles. The van der Waals surface area contributed by atoms with Crippen molar-refractivity contribution in [2.24, 2.45) is 0 Å². The highest BCUT2D eigenvalue weighted by molar-refractivity contribution is 7.15. The molecule has 3 aromatic rings. The highest BCUT2D eigenvalue weighted by atomic mass is 32.1. The second kappa shape index (κ2) is 6.79. The Kier molecular flexibility index (Phi) is 4.57. The van der Waals surface area contributed by atoms with E-state index in [-0.39, 0.29) is 11.9 Å². The largest absolute Gasteiger partial charge is 0.342 e. The Balaban J connectivity index is 1.81. The Morgan fingerprint density at radius 1 is 1.17 bits per heavy atom. The lowest BCUT2D eigenvalue weighted by atomic mass is 10.1. The van der Waals surface area contributed by atoms with Crippen molar-refractivity contribution in [1.82, 2.24) is 9.55 Å². The minimum atomic E-state index is -0.295. The van der Waals surface area contributed by atoms with Crippen molar-refractivity contribution in [3.8, 4) is 0 Å². The van der Waals surface area contributed by atoms with Crippen LogP contribution in [0.25, 0.3) is 0 Å².